The Hall–Kier alpha value is -1.63. The number of hydrogen-bond acceptors (Lipinski definition) is 7. The summed E-state index contributed by atoms with van der Waals surface area (Å²) in [6, 6.07) is 0.518. The van der Waals surface area contributed by atoms with Gasteiger partial charge in [-0.15, -0.1) is 0 Å². The topological polar surface area (TPSA) is 75.2 Å². The Bertz CT molecular complexity index is 477. The van der Waals surface area contributed by atoms with E-state index in [0.717, 1.165) is 44.7 Å². The molecule has 0 bridgehead atoms. The predicted octanol–water partition coefficient (Wildman–Crippen LogP) is 1.35. The molecule has 7 nitrogen and oxygen atoms in total. The molecule has 2 fully saturated rings. The highest BCUT2D eigenvalue weighted by Crippen LogP contribution is 2.35. The summed E-state index contributed by atoms with van der Waals surface area (Å²) in [5, 5.41) is 6.62. The van der Waals surface area contributed by atoms with Crippen molar-refractivity contribution in [2.45, 2.75) is 32.7 Å². The van der Waals surface area contributed by atoms with Crippen LogP contribution in [-0.2, 0) is 4.74 Å². The maximum atomic E-state index is 5.39. The van der Waals surface area contributed by atoms with Crippen LogP contribution in [0.15, 0.2) is 0 Å². The first-order valence-corrected chi connectivity index (χ1v) is 7.89. The minimum atomic E-state index is 0.518. The van der Waals surface area contributed by atoms with Gasteiger partial charge in [-0.2, -0.15) is 15.0 Å². The van der Waals surface area contributed by atoms with E-state index in [1.165, 1.54) is 12.8 Å². The summed E-state index contributed by atoms with van der Waals surface area (Å²) < 4.78 is 5.39. The number of rotatable bonds is 6. The van der Waals surface area contributed by atoms with E-state index in [2.05, 4.69) is 37.4 Å². The first kappa shape index (κ1) is 14.3. The summed E-state index contributed by atoms with van der Waals surface area (Å²) in [7, 11) is 0. The van der Waals surface area contributed by atoms with Crippen molar-refractivity contribution in [1.29, 1.82) is 0 Å². The summed E-state index contributed by atoms with van der Waals surface area (Å²) in [4.78, 5) is 15.7. The van der Waals surface area contributed by atoms with E-state index in [0.29, 0.717) is 17.9 Å². The fraction of sp³-hybridized carbons (Fsp3) is 0.786. The summed E-state index contributed by atoms with van der Waals surface area (Å²) in [5.41, 5.74) is 0. The molecule has 21 heavy (non-hydrogen) atoms. The number of hydrogen-bond donors (Lipinski definition) is 2. The molecule has 1 aliphatic carbocycles. The molecule has 0 radical (unpaired) electrons. The van der Waals surface area contributed by atoms with Crippen LogP contribution >= 0.6 is 0 Å². The minimum absolute atomic E-state index is 0.518. The summed E-state index contributed by atoms with van der Waals surface area (Å²) in [6.45, 7) is 8.18. The lowest BCUT2D eigenvalue weighted by molar-refractivity contribution is 0.122. The van der Waals surface area contributed by atoms with Gasteiger partial charge in [0.1, 0.15) is 0 Å². The molecule has 1 aromatic rings. The molecule has 1 aliphatic heterocycles. The summed E-state index contributed by atoms with van der Waals surface area (Å²) >= 11 is 0. The van der Waals surface area contributed by atoms with Crippen molar-refractivity contribution >= 4 is 17.8 Å². The molecule has 1 saturated heterocycles. The monoisotopic (exact) mass is 292 g/mol. The summed E-state index contributed by atoms with van der Waals surface area (Å²) in [6.07, 6.45) is 2.42. The Kier molecular flexibility index (Phi) is 4.38. The molecular formula is C14H24N6O. The van der Waals surface area contributed by atoms with Crippen LogP contribution in [0.4, 0.5) is 17.8 Å². The molecule has 1 aromatic heterocycles. The molecule has 0 amide bonds. The van der Waals surface area contributed by atoms with Gasteiger partial charge in [0.25, 0.3) is 0 Å². The molecule has 2 atom stereocenters. The Balaban J connectivity index is 1.76. The molecule has 0 aromatic carbocycles. The van der Waals surface area contributed by atoms with Crippen molar-refractivity contribution in [2.75, 3.05) is 48.4 Å². The highest BCUT2D eigenvalue weighted by molar-refractivity contribution is 5.45. The highest BCUT2D eigenvalue weighted by atomic mass is 16.5. The zero-order chi connectivity index (χ0) is 14.7. The predicted molar refractivity (Wildman–Crippen MR) is 82.8 cm³/mol. The molecule has 2 heterocycles. The number of anilines is 3. The van der Waals surface area contributed by atoms with Gasteiger partial charge in [0, 0.05) is 25.7 Å². The lowest BCUT2D eigenvalue weighted by Gasteiger charge is -2.27. The van der Waals surface area contributed by atoms with Crippen LogP contribution < -0.4 is 15.5 Å². The maximum Gasteiger partial charge on any atom is 0.232 e. The van der Waals surface area contributed by atoms with Crippen molar-refractivity contribution in [3.05, 3.63) is 0 Å². The van der Waals surface area contributed by atoms with Gasteiger partial charge in [0.05, 0.1) is 13.2 Å². The van der Waals surface area contributed by atoms with Crippen LogP contribution in [0.25, 0.3) is 0 Å². The van der Waals surface area contributed by atoms with Gasteiger partial charge in [-0.25, -0.2) is 0 Å². The second-order valence-electron chi connectivity index (χ2n) is 5.57. The van der Waals surface area contributed by atoms with E-state index in [4.69, 9.17) is 4.74 Å². The van der Waals surface area contributed by atoms with Gasteiger partial charge in [0.2, 0.25) is 17.8 Å². The van der Waals surface area contributed by atoms with Gasteiger partial charge in [-0.05, 0) is 19.3 Å². The molecule has 1 saturated carbocycles. The average molecular weight is 292 g/mol. The molecule has 0 spiro atoms. The van der Waals surface area contributed by atoms with Gasteiger partial charge in [0.15, 0.2) is 0 Å². The second-order valence-corrected chi connectivity index (χ2v) is 5.57. The fourth-order valence-electron chi connectivity index (χ4n) is 2.61. The van der Waals surface area contributed by atoms with Gasteiger partial charge in [-0.1, -0.05) is 13.3 Å². The van der Waals surface area contributed by atoms with Gasteiger partial charge >= 0.3 is 0 Å². The van der Waals surface area contributed by atoms with E-state index in [1.807, 2.05) is 6.92 Å². The van der Waals surface area contributed by atoms with Gasteiger partial charge in [-0.3, -0.25) is 0 Å². The number of nitrogens with one attached hydrogen (secondary N) is 2. The molecule has 3 rings (SSSR count). The Morgan fingerprint density at radius 2 is 1.90 bits per heavy atom. The molecule has 2 N–H and O–H groups in total. The Labute approximate surface area is 125 Å². The molecule has 2 unspecified atom stereocenters. The van der Waals surface area contributed by atoms with Crippen molar-refractivity contribution < 1.29 is 4.74 Å². The SMILES string of the molecule is CCNc1nc(NC2CC2CC)nc(N2CCOCC2)n1. The van der Waals surface area contributed by atoms with E-state index >= 15 is 0 Å². The molecule has 116 valence electrons. The van der Waals surface area contributed by atoms with Crippen LogP contribution in [0.5, 0.6) is 0 Å². The third kappa shape index (κ3) is 3.53. The average Bonchev–Trinajstić information content (AvgIpc) is 3.26. The quantitative estimate of drug-likeness (QED) is 0.819. The van der Waals surface area contributed by atoms with Crippen LogP contribution in [0, 0.1) is 5.92 Å². The van der Waals surface area contributed by atoms with Crippen LogP contribution in [0.3, 0.4) is 0 Å². The first-order chi connectivity index (χ1) is 10.3. The lowest BCUT2D eigenvalue weighted by Crippen LogP contribution is -2.37. The van der Waals surface area contributed by atoms with Gasteiger partial charge < -0.3 is 20.3 Å². The van der Waals surface area contributed by atoms with E-state index in [1.54, 1.807) is 0 Å². The largest absolute Gasteiger partial charge is 0.378 e. The summed E-state index contributed by atoms with van der Waals surface area (Å²) in [5.74, 6) is 2.82. The zero-order valence-corrected chi connectivity index (χ0v) is 12.8. The Morgan fingerprint density at radius 3 is 2.57 bits per heavy atom. The maximum absolute atomic E-state index is 5.39. The number of morpholine rings is 1. The van der Waals surface area contributed by atoms with E-state index in [-0.39, 0.29) is 0 Å². The number of ether oxygens (including phenoxy) is 1. The van der Waals surface area contributed by atoms with Crippen molar-refractivity contribution in [3.63, 3.8) is 0 Å². The highest BCUT2D eigenvalue weighted by Gasteiger charge is 2.36. The third-order valence-electron chi connectivity index (χ3n) is 4.01. The first-order valence-electron chi connectivity index (χ1n) is 7.89. The number of aromatic nitrogens is 3. The Morgan fingerprint density at radius 1 is 1.14 bits per heavy atom. The second kappa shape index (κ2) is 6.43. The fourth-order valence-corrected chi connectivity index (χ4v) is 2.61. The standard InChI is InChI=1S/C14H24N6O/c1-3-10-9-11(10)16-13-17-12(15-4-2)18-14(19-13)20-5-7-21-8-6-20/h10-11H,3-9H2,1-2H3,(H2,15,16,17,18,19). The van der Waals surface area contributed by atoms with Crippen molar-refractivity contribution in [2.24, 2.45) is 5.92 Å². The lowest BCUT2D eigenvalue weighted by atomic mass is 10.3. The van der Waals surface area contributed by atoms with E-state index in [9.17, 15) is 0 Å². The smallest absolute Gasteiger partial charge is 0.232 e. The van der Waals surface area contributed by atoms with Crippen molar-refractivity contribution in [1.82, 2.24) is 15.0 Å². The molecule has 2 aliphatic rings. The third-order valence-corrected chi connectivity index (χ3v) is 4.01. The van der Waals surface area contributed by atoms with Crippen LogP contribution in [0.2, 0.25) is 0 Å². The molecule has 7 heteroatoms. The number of nitrogens with zero attached hydrogens (tertiary/aromatic N) is 4. The minimum Gasteiger partial charge on any atom is -0.378 e. The molecular weight excluding hydrogens is 268 g/mol. The normalized spacial score (nSPS) is 24.8. The van der Waals surface area contributed by atoms with Crippen LogP contribution in [-0.4, -0.2) is 53.8 Å². The van der Waals surface area contributed by atoms with Crippen LogP contribution in [0.1, 0.15) is 26.7 Å². The van der Waals surface area contributed by atoms with E-state index < -0.39 is 0 Å². The van der Waals surface area contributed by atoms with Crippen molar-refractivity contribution in [3.8, 4) is 0 Å². The zero-order valence-electron chi connectivity index (χ0n) is 12.8.